The van der Waals surface area contributed by atoms with E-state index in [1.807, 2.05) is 13.8 Å². The summed E-state index contributed by atoms with van der Waals surface area (Å²) in [5.74, 6) is -1.25. The van der Waals surface area contributed by atoms with Gasteiger partial charge in [0, 0.05) is 12.7 Å². The van der Waals surface area contributed by atoms with E-state index in [2.05, 4.69) is 15.0 Å². The van der Waals surface area contributed by atoms with Crippen LogP contribution in [-0.2, 0) is 14.8 Å². The molecule has 0 atom stereocenters. The number of nitrogens with one attached hydrogen (secondary N) is 3. The first-order valence-electron chi connectivity index (χ1n) is 7.18. The molecule has 0 aliphatic carbocycles. The first-order valence-corrected chi connectivity index (χ1v) is 8.67. The van der Waals surface area contributed by atoms with Gasteiger partial charge in [0.25, 0.3) is 5.91 Å². The van der Waals surface area contributed by atoms with E-state index >= 15 is 0 Å². The van der Waals surface area contributed by atoms with Crippen LogP contribution in [0.2, 0.25) is 0 Å². The summed E-state index contributed by atoms with van der Waals surface area (Å²) >= 11 is 0. The molecule has 0 aliphatic heterocycles. The maximum atomic E-state index is 12.1. The molecule has 9 nitrogen and oxygen atoms in total. The van der Waals surface area contributed by atoms with Gasteiger partial charge in [-0.05, 0) is 18.9 Å². The fourth-order valence-corrected chi connectivity index (χ4v) is 3.00. The van der Waals surface area contributed by atoms with Gasteiger partial charge in [0.05, 0.1) is 12.1 Å². The first-order chi connectivity index (χ1) is 10.7. The Hall–Kier alpha value is -1.91. The number of aromatic nitrogens is 1. The summed E-state index contributed by atoms with van der Waals surface area (Å²) < 4.78 is 26.3. The van der Waals surface area contributed by atoms with Crippen LogP contribution >= 0.6 is 0 Å². The monoisotopic (exact) mass is 345 g/mol. The Morgan fingerprint density at radius 3 is 2.35 bits per heavy atom. The van der Waals surface area contributed by atoms with Crippen molar-refractivity contribution >= 4 is 21.8 Å². The molecular weight excluding hydrogens is 322 g/mol. The SMILES string of the molecule is CCC(CC)(CN)NC(=O)CNS(=O)(=O)c1c[nH]c(C(N)=O)c1. The van der Waals surface area contributed by atoms with Crippen molar-refractivity contribution < 1.29 is 18.0 Å². The number of carbonyl (C=O) groups excluding carboxylic acids is 2. The van der Waals surface area contributed by atoms with Crippen molar-refractivity contribution in [1.82, 2.24) is 15.0 Å². The van der Waals surface area contributed by atoms with Crippen molar-refractivity contribution in [2.75, 3.05) is 13.1 Å². The van der Waals surface area contributed by atoms with Crippen molar-refractivity contribution in [3.63, 3.8) is 0 Å². The van der Waals surface area contributed by atoms with E-state index in [0.29, 0.717) is 12.8 Å². The number of aromatic amines is 1. The molecule has 1 rings (SSSR count). The van der Waals surface area contributed by atoms with Gasteiger partial charge in [-0.2, -0.15) is 0 Å². The van der Waals surface area contributed by atoms with E-state index in [1.54, 1.807) is 0 Å². The predicted octanol–water partition coefficient (Wildman–Crippen LogP) is -0.974. The molecule has 0 radical (unpaired) electrons. The maximum Gasteiger partial charge on any atom is 0.265 e. The van der Waals surface area contributed by atoms with E-state index in [-0.39, 0.29) is 17.1 Å². The summed E-state index contributed by atoms with van der Waals surface area (Å²) in [7, 11) is -3.92. The average molecular weight is 345 g/mol. The number of H-pyrrole nitrogens is 1. The summed E-state index contributed by atoms with van der Waals surface area (Å²) in [6, 6.07) is 1.10. The molecule has 0 saturated heterocycles. The molecular formula is C13H23N5O4S. The number of sulfonamides is 1. The summed E-state index contributed by atoms with van der Waals surface area (Å²) in [6.45, 7) is 3.62. The first kappa shape index (κ1) is 19.1. The molecule has 1 aromatic heterocycles. The van der Waals surface area contributed by atoms with Gasteiger partial charge in [-0.15, -0.1) is 0 Å². The zero-order valence-electron chi connectivity index (χ0n) is 13.2. The number of primary amides is 1. The van der Waals surface area contributed by atoms with Crippen LogP contribution in [0.5, 0.6) is 0 Å². The molecule has 7 N–H and O–H groups in total. The number of hydrogen-bond donors (Lipinski definition) is 5. The Kier molecular flexibility index (Phi) is 6.30. The van der Waals surface area contributed by atoms with E-state index in [4.69, 9.17) is 11.5 Å². The van der Waals surface area contributed by atoms with Gasteiger partial charge in [-0.3, -0.25) is 9.59 Å². The number of hydrogen-bond acceptors (Lipinski definition) is 5. The second-order valence-electron chi connectivity index (χ2n) is 5.18. The smallest absolute Gasteiger partial charge is 0.265 e. The molecule has 23 heavy (non-hydrogen) atoms. The van der Waals surface area contributed by atoms with Crippen molar-refractivity contribution in [2.45, 2.75) is 37.1 Å². The van der Waals surface area contributed by atoms with Crippen LogP contribution in [-0.4, -0.2) is 43.8 Å². The van der Waals surface area contributed by atoms with Crippen LogP contribution in [0, 0.1) is 0 Å². The summed E-state index contributed by atoms with van der Waals surface area (Å²) in [4.78, 5) is 25.2. The number of nitrogens with two attached hydrogens (primary N) is 2. The largest absolute Gasteiger partial charge is 0.364 e. The van der Waals surface area contributed by atoms with Crippen molar-refractivity contribution in [3.8, 4) is 0 Å². The van der Waals surface area contributed by atoms with Crippen molar-refractivity contribution in [3.05, 3.63) is 18.0 Å². The minimum atomic E-state index is -3.92. The van der Waals surface area contributed by atoms with Gasteiger partial charge in [0.1, 0.15) is 10.6 Å². The Balaban J connectivity index is 2.72. The topological polar surface area (TPSA) is 160 Å². The fourth-order valence-electron chi connectivity index (χ4n) is 2.02. The quantitative estimate of drug-likeness (QED) is 0.388. The molecule has 0 bridgehead atoms. The third kappa shape index (κ3) is 4.78. The van der Waals surface area contributed by atoms with Gasteiger partial charge in [0.15, 0.2) is 0 Å². The van der Waals surface area contributed by atoms with Crippen molar-refractivity contribution in [1.29, 1.82) is 0 Å². The Bertz CT molecular complexity index is 655. The standard InChI is InChI=1S/C13H23N5O4S/c1-3-13(4-2,8-14)18-11(19)7-17-23(21,22)9-5-10(12(15)20)16-6-9/h5-6,16-17H,3-4,7-8,14H2,1-2H3,(H2,15,20)(H,18,19). The fraction of sp³-hybridized carbons (Fsp3) is 0.538. The van der Waals surface area contributed by atoms with Crippen LogP contribution in [0.15, 0.2) is 17.2 Å². The Morgan fingerprint density at radius 1 is 1.30 bits per heavy atom. The van der Waals surface area contributed by atoms with E-state index in [0.717, 1.165) is 12.3 Å². The second kappa shape index (κ2) is 7.57. The maximum absolute atomic E-state index is 12.1. The normalized spacial score (nSPS) is 12.1. The molecule has 0 aromatic carbocycles. The minimum absolute atomic E-state index is 0.0334. The highest BCUT2D eigenvalue weighted by atomic mass is 32.2. The second-order valence-corrected chi connectivity index (χ2v) is 6.94. The molecule has 0 unspecified atom stereocenters. The third-order valence-corrected chi connectivity index (χ3v) is 5.18. The number of amides is 2. The molecule has 10 heteroatoms. The van der Waals surface area contributed by atoms with E-state index < -0.39 is 33.9 Å². The van der Waals surface area contributed by atoms with E-state index in [9.17, 15) is 18.0 Å². The van der Waals surface area contributed by atoms with E-state index in [1.165, 1.54) is 0 Å². The highest BCUT2D eigenvalue weighted by Crippen LogP contribution is 2.13. The Labute approximate surface area is 135 Å². The molecule has 1 aromatic rings. The van der Waals surface area contributed by atoms with Gasteiger partial charge < -0.3 is 21.8 Å². The van der Waals surface area contributed by atoms with Crippen molar-refractivity contribution in [2.24, 2.45) is 11.5 Å². The lowest BCUT2D eigenvalue weighted by Gasteiger charge is -2.31. The van der Waals surface area contributed by atoms with Gasteiger partial charge in [-0.1, -0.05) is 13.8 Å². The van der Waals surface area contributed by atoms with Gasteiger partial charge >= 0.3 is 0 Å². The molecule has 0 fully saturated rings. The van der Waals surface area contributed by atoms with Crippen LogP contribution < -0.4 is 21.5 Å². The highest BCUT2D eigenvalue weighted by molar-refractivity contribution is 7.89. The minimum Gasteiger partial charge on any atom is -0.364 e. The molecule has 1 heterocycles. The lowest BCUT2D eigenvalue weighted by Crippen LogP contribution is -2.55. The summed E-state index contributed by atoms with van der Waals surface area (Å²) in [5.41, 5.74) is 10.1. The van der Waals surface area contributed by atoms with Crippen LogP contribution in [0.1, 0.15) is 37.2 Å². The summed E-state index contributed by atoms with van der Waals surface area (Å²) in [5, 5.41) is 2.75. The third-order valence-electron chi connectivity index (χ3n) is 3.80. The zero-order valence-corrected chi connectivity index (χ0v) is 14.0. The molecule has 0 spiro atoms. The zero-order chi connectivity index (χ0) is 17.7. The van der Waals surface area contributed by atoms with Crippen LogP contribution in [0.3, 0.4) is 0 Å². The van der Waals surface area contributed by atoms with Gasteiger partial charge in [0.2, 0.25) is 15.9 Å². The van der Waals surface area contributed by atoms with Gasteiger partial charge in [-0.25, -0.2) is 13.1 Å². The van der Waals surface area contributed by atoms with Crippen LogP contribution in [0.4, 0.5) is 0 Å². The predicted molar refractivity (Wildman–Crippen MR) is 85.0 cm³/mol. The molecule has 0 aliphatic rings. The molecule has 0 saturated carbocycles. The highest BCUT2D eigenvalue weighted by Gasteiger charge is 2.27. The Morgan fingerprint density at radius 2 is 1.91 bits per heavy atom. The lowest BCUT2D eigenvalue weighted by atomic mass is 9.93. The molecule has 130 valence electrons. The molecule has 2 amide bonds. The lowest BCUT2D eigenvalue weighted by molar-refractivity contribution is -0.121. The summed E-state index contributed by atoms with van der Waals surface area (Å²) in [6.07, 6.45) is 2.40. The number of rotatable bonds is 9. The number of carbonyl (C=O) groups is 2. The average Bonchev–Trinajstić information content (AvgIpc) is 3.02. The van der Waals surface area contributed by atoms with Crippen LogP contribution in [0.25, 0.3) is 0 Å².